The highest BCUT2D eigenvalue weighted by atomic mass is 79.9. The number of fused-ring (bicyclic) bond motifs is 1. The number of carbonyl (C=O) groups excluding carboxylic acids is 1. The smallest absolute Gasteiger partial charge is 0.283 e. The molecule has 1 aromatic carbocycles. The molecule has 0 spiro atoms. The lowest BCUT2D eigenvalue weighted by Crippen LogP contribution is -2.33. The standard InChI is InChI=1S/C19H20BrClN4O3S/c1-3-4-9-29(27,28)24-19(26)17-8-7-16-18(23-17)25(12(2)22-16)11-13-5-6-14(21)10-15(13)20/h5-8,10H,3-4,9,11H2,1-2H3,(H,24,26). The maximum Gasteiger partial charge on any atom is 0.283 e. The van der Waals surface area contributed by atoms with Gasteiger partial charge in [0.15, 0.2) is 5.65 Å². The van der Waals surface area contributed by atoms with Crippen molar-refractivity contribution in [1.29, 1.82) is 0 Å². The van der Waals surface area contributed by atoms with E-state index < -0.39 is 15.9 Å². The Morgan fingerprint density at radius 3 is 2.69 bits per heavy atom. The van der Waals surface area contributed by atoms with E-state index in [2.05, 4.69) is 30.6 Å². The summed E-state index contributed by atoms with van der Waals surface area (Å²) in [7, 11) is -3.69. The van der Waals surface area contributed by atoms with Gasteiger partial charge in [0.2, 0.25) is 10.0 Å². The Hall–Kier alpha value is -1.97. The number of aromatic nitrogens is 3. The first-order valence-electron chi connectivity index (χ1n) is 9.03. The summed E-state index contributed by atoms with van der Waals surface area (Å²) in [6.07, 6.45) is 1.20. The first-order chi connectivity index (χ1) is 13.7. The molecule has 2 aromatic heterocycles. The number of sulfonamides is 1. The van der Waals surface area contributed by atoms with Crippen LogP contribution < -0.4 is 4.72 Å². The summed E-state index contributed by atoms with van der Waals surface area (Å²) in [6, 6.07) is 8.63. The molecule has 0 fully saturated rings. The van der Waals surface area contributed by atoms with Gasteiger partial charge in [-0.3, -0.25) is 4.79 Å². The van der Waals surface area contributed by atoms with Gasteiger partial charge in [-0.25, -0.2) is 23.1 Å². The van der Waals surface area contributed by atoms with E-state index in [0.29, 0.717) is 29.2 Å². The van der Waals surface area contributed by atoms with Gasteiger partial charge in [-0.15, -0.1) is 0 Å². The molecule has 0 aliphatic rings. The maximum absolute atomic E-state index is 12.4. The fourth-order valence-electron chi connectivity index (χ4n) is 2.83. The summed E-state index contributed by atoms with van der Waals surface area (Å²) in [5, 5.41) is 0.620. The molecule has 10 heteroatoms. The molecule has 2 heterocycles. The first kappa shape index (κ1) is 21.7. The monoisotopic (exact) mass is 498 g/mol. The molecule has 154 valence electrons. The summed E-state index contributed by atoms with van der Waals surface area (Å²) in [4.78, 5) is 21.3. The molecule has 0 unspecified atom stereocenters. The summed E-state index contributed by atoms with van der Waals surface area (Å²) in [5.74, 6) is -0.123. The van der Waals surface area contributed by atoms with Crippen LogP contribution in [0.25, 0.3) is 11.2 Å². The third-order valence-electron chi connectivity index (χ3n) is 4.37. The Morgan fingerprint density at radius 1 is 1.24 bits per heavy atom. The Balaban J connectivity index is 1.93. The number of unbranched alkanes of at least 4 members (excludes halogenated alkanes) is 1. The summed E-state index contributed by atoms with van der Waals surface area (Å²) in [6.45, 7) is 4.20. The van der Waals surface area contributed by atoms with Crippen LogP contribution in [0.5, 0.6) is 0 Å². The molecule has 0 atom stereocenters. The van der Waals surface area contributed by atoms with E-state index in [1.807, 2.05) is 24.5 Å². The summed E-state index contributed by atoms with van der Waals surface area (Å²) in [5.41, 5.74) is 2.12. The van der Waals surface area contributed by atoms with Crippen molar-refractivity contribution in [3.63, 3.8) is 0 Å². The van der Waals surface area contributed by atoms with Gasteiger partial charge in [-0.05, 0) is 43.2 Å². The molecule has 0 radical (unpaired) electrons. The third kappa shape index (κ3) is 5.15. The molecule has 0 aliphatic heterocycles. The van der Waals surface area contributed by atoms with Gasteiger partial charge in [-0.1, -0.05) is 46.9 Å². The SMILES string of the molecule is CCCCS(=O)(=O)NC(=O)c1ccc2nc(C)n(Cc3ccc(Cl)cc3Br)c2n1. The van der Waals surface area contributed by atoms with Gasteiger partial charge in [0, 0.05) is 9.50 Å². The number of hydrogen-bond donors (Lipinski definition) is 1. The zero-order chi connectivity index (χ0) is 21.2. The Labute approximate surface area is 182 Å². The third-order valence-corrected chi connectivity index (χ3v) is 6.67. The first-order valence-corrected chi connectivity index (χ1v) is 11.8. The Bertz CT molecular complexity index is 1180. The average Bonchev–Trinajstić information content (AvgIpc) is 2.96. The number of benzene rings is 1. The number of rotatable bonds is 7. The summed E-state index contributed by atoms with van der Waals surface area (Å²) < 4.78 is 28.8. The molecule has 1 N–H and O–H groups in total. The molecule has 0 aliphatic carbocycles. The largest absolute Gasteiger partial charge is 0.308 e. The second kappa shape index (κ2) is 8.81. The minimum atomic E-state index is -3.69. The van der Waals surface area contributed by atoms with Gasteiger partial charge in [0.25, 0.3) is 5.91 Å². The van der Waals surface area contributed by atoms with Crippen LogP contribution in [0.1, 0.15) is 41.6 Å². The molecule has 3 aromatic rings. The maximum atomic E-state index is 12.4. The van der Waals surface area contributed by atoms with Crippen LogP contribution in [0.15, 0.2) is 34.8 Å². The lowest BCUT2D eigenvalue weighted by molar-refractivity contribution is 0.0977. The predicted molar refractivity (Wildman–Crippen MR) is 117 cm³/mol. The second-order valence-electron chi connectivity index (χ2n) is 6.62. The van der Waals surface area contributed by atoms with Crippen molar-refractivity contribution < 1.29 is 13.2 Å². The van der Waals surface area contributed by atoms with Gasteiger partial charge < -0.3 is 4.57 Å². The van der Waals surface area contributed by atoms with Crippen molar-refractivity contribution in [3.8, 4) is 0 Å². The van der Waals surface area contributed by atoms with Gasteiger partial charge >= 0.3 is 0 Å². The number of aryl methyl sites for hydroxylation is 1. The number of imidazole rings is 1. The lowest BCUT2D eigenvalue weighted by Gasteiger charge is -2.10. The van der Waals surface area contributed by atoms with E-state index in [-0.39, 0.29) is 11.4 Å². The van der Waals surface area contributed by atoms with Crippen LogP contribution in [0.2, 0.25) is 5.02 Å². The van der Waals surface area contributed by atoms with E-state index in [1.54, 1.807) is 18.2 Å². The van der Waals surface area contributed by atoms with Crippen LogP contribution in [0.4, 0.5) is 0 Å². The molecule has 1 amide bonds. The zero-order valence-electron chi connectivity index (χ0n) is 15.9. The number of nitrogens with zero attached hydrogens (tertiary/aromatic N) is 3. The van der Waals surface area contributed by atoms with Crippen LogP contribution >= 0.6 is 27.5 Å². The van der Waals surface area contributed by atoms with Crippen LogP contribution in [-0.2, 0) is 16.6 Å². The number of carbonyl (C=O) groups is 1. The predicted octanol–water partition coefficient (Wildman–Crippen LogP) is 4.06. The van der Waals surface area contributed by atoms with Gasteiger partial charge in [0.1, 0.15) is 17.0 Å². The molecule has 0 saturated heterocycles. The zero-order valence-corrected chi connectivity index (χ0v) is 19.1. The van der Waals surface area contributed by atoms with Gasteiger partial charge in [-0.2, -0.15) is 0 Å². The Morgan fingerprint density at radius 2 is 2.00 bits per heavy atom. The normalized spacial score (nSPS) is 11.7. The quantitative estimate of drug-likeness (QED) is 0.529. The minimum Gasteiger partial charge on any atom is -0.308 e. The molecule has 3 rings (SSSR count). The fraction of sp³-hybridized carbons (Fsp3) is 0.316. The number of nitrogens with one attached hydrogen (secondary N) is 1. The van der Waals surface area contributed by atoms with E-state index in [0.717, 1.165) is 22.3 Å². The number of amides is 1. The van der Waals surface area contributed by atoms with Crippen LogP contribution in [-0.4, -0.2) is 34.6 Å². The molecular weight excluding hydrogens is 480 g/mol. The van der Waals surface area contributed by atoms with E-state index in [4.69, 9.17) is 11.6 Å². The highest BCUT2D eigenvalue weighted by Crippen LogP contribution is 2.24. The van der Waals surface area contributed by atoms with Crippen molar-refractivity contribution in [2.45, 2.75) is 33.2 Å². The average molecular weight is 500 g/mol. The van der Waals surface area contributed by atoms with Crippen LogP contribution in [0, 0.1) is 6.92 Å². The molecule has 0 bridgehead atoms. The topological polar surface area (TPSA) is 94.0 Å². The van der Waals surface area contributed by atoms with Crippen molar-refractivity contribution >= 4 is 54.6 Å². The molecular formula is C19H20BrClN4O3S. The second-order valence-corrected chi connectivity index (χ2v) is 9.76. The van der Waals surface area contributed by atoms with Crippen LogP contribution in [0.3, 0.4) is 0 Å². The Kier molecular flexibility index (Phi) is 6.60. The summed E-state index contributed by atoms with van der Waals surface area (Å²) >= 11 is 9.51. The number of halogens is 2. The lowest BCUT2D eigenvalue weighted by atomic mass is 10.2. The molecule has 7 nitrogen and oxygen atoms in total. The van der Waals surface area contributed by atoms with Crippen molar-refractivity contribution in [2.24, 2.45) is 0 Å². The fourth-order valence-corrected chi connectivity index (χ4v) is 4.80. The van der Waals surface area contributed by atoms with E-state index in [9.17, 15) is 13.2 Å². The van der Waals surface area contributed by atoms with Crippen molar-refractivity contribution in [2.75, 3.05) is 5.75 Å². The highest BCUT2D eigenvalue weighted by molar-refractivity contribution is 9.10. The van der Waals surface area contributed by atoms with Crippen molar-refractivity contribution in [3.05, 3.63) is 56.9 Å². The van der Waals surface area contributed by atoms with E-state index in [1.165, 1.54) is 6.07 Å². The van der Waals surface area contributed by atoms with Gasteiger partial charge in [0.05, 0.1) is 12.3 Å². The highest BCUT2D eigenvalue weighted by Gasteiger charge is 2.19. The molecule has 0 saturated carbocycles. The van der Waals surface area contributed by atoms with E-state index >= 15 is 0 Å². The minimum absolute atomic E-state index is 0.0221. The number of pyridine rings is 1. The number of hydrogen-bond acceptors (Lipinski definition) is 5. The molecule has 29 heavy (non-hydrogen) atoms. The van der Waals surface area contributed by atoms with Crippen molar-refractivity contribution in [1.82, 2.24) is 19.3 Å².